The molecular formula is C21H27Cl3F2N6. The molecular weight excluding hydrogens is 481 g/mol. The predicted octanol–water partition coefficient (Wildman–Crippen LogP) is 4.41. The number of hydrogen-bond donors (Lipinski definition) is 3. The average Bonchev–Trinajstić information content (AvgIpc) is 3.22. The van der Waals surface area contributed by atoms with E-state index < -0.39 is 11.6 Å². The molecule has 0 amide bonds. The molecule has 176 valence electrons. The molecule has 2 aromatic heterocycles. The van der Waals surface area contributed by atoms with E-state index in [0.717, 1.165) is 30.3 Å². The second kappa shape index (κ2) is 15.4. The highest BCUT2D eigenvalue weighted by Crippen LogP contribution is 2.27. The van der Waals surface area contributed by atoms with Crippen molar-refractivity contribution in [3.8, 4) is 0 Å². The van der Waals surface area contributed by atoms with Gasteiger partial charge in [0.2, 0.25) is 0 Å². The van der Waals surface area contributed by atoms with E-state index in [1.807, 2.05) is 12.1 Å². The maximum absolute atomic E-state index is 13.7. The maximum Gasteiger partial charge on any atom is 0.188 e. The first-order valence-corrected chi connectivity index (χ1v) is 9.50. The van der Waals surface area contributed by atoms with Crippen molar-refractivity contribution < 1.29 is 8.78 Å². The fourth-order valence-corrected chi connectivity index (χ4v) is 3.13. The lowest BCUT2D eigenvalue weighted by Crippen LogP contribution is -2.33. The topological polar surface area (TPSA) is 92.0 Å². The predicted molar refractivity (Wildman–Crippen MR) is 130 cm³/mol. The number of pyridine rings is 1. The normalized spacial score (nSPS) is 11.5. The molecule has 4 N–H and O–H groups in total. The van der Waals surface area contributed by atoms with Crippen LogP contribution in [0.2, 0.25) is 0 Å². The molecule has 32 heavy (non-hydrogen) atoms. The molecule has 0 aliphatic rings. The van der Waals surface area contributed by atoms with Crippen molar-refractivity contribution in [2.24, 2.45) is 10.7 Å². The Morgan fingerprint density at radius 1 is 1.12 bits per heavy atom. The van der Waals surface area contributed by atoms with Crippen molar-refractivity contribution in [1.82, 2.24) is 20.3 Å². The Kier molecular flexibility index (Phi) is 14.2. The van der Waals surface area contributed by atoms with Gasteiger partial charge in [-0.25, -0.2) is 13.8 Å². The lowest BCUT2D eigenvalue weighted by molar-refractivity contribution is 0.572. The summed E-state index contributed by atoms with van der Waals surface area (Å²) in [4.78, 5) is 15.7. The second-order valence-corrected chi connectivity index (χ2v) is 6.67. The number of imidazole rings is 1. The van der Waals surface area contributed by atoms with Gasteiger partial charge >= 0.3 is 0 Å². The number of aryl methyl sites for hydroxylation is 1. The summed E-state index contributed by atoms with van der Waals surface area (Å²) in [6.45, 7) is 1.09. The number of nitrogens with two attached hydrogens (primary N) is 1. The van der Waals surface area contributed by atoms with Crippen LogP contribution in [0.5, 0.6) is 0 Å². The number of hydrogen-bond acceptors (Lipinski definition) is 3. The SMILES string of the molecule is Cl.Cl.Cl.NC(=NCCCc1cnc[nH]1)NCCC(c1cc(F)cc(F)c1)c1ccccn1. The van der Waals surface area contributed by atoms with Crippen LogP contribution in [-0.2, 0) is 6.42 Å². The highest BCUT2D eigenvalue weighted by atomic mass is 35.5. The van der Waals surface area contributed by atoms with Gasteiger partial charge in [0.1, 0.15) is 11.6 Å². The van der Waals surface area contributed by atoms with E-state index in [9.17, 15) is 8.78 Å². The van der Waals surface area contributed by atoms with Gasteiger partial charge in [-0.05, 0) is 49.1 Å². The zero-order valence-corrected chi connectivity index (χ0v) is 19.7. The van der Waals surface area contributed by atoms with Gasteiger partial charge in [-0.2, -0.15) is 0 Å². The van der Waals surface area contributed by atoms with Crippen molar-refractivity contribution in [3.63, 3.8) is 0 Å². The Labute approximate surface area is 204 Å². The quantitative estimate of drug-likeness (QED) is 0.227. The third-order valence-electron chi connectivity index (χ3n) is 4.51. The fraction of sp³-hybridized carbons (Fsp3) is 0.286. The number of guanidine groups is 1. The van der Waals surface area contributed by atoms with Gasteiger partial charge in [-0.1, -0.05) is 6.07 Å². The standard InChI is InChI=1S/C21H24F2N6.3ClH/c22-16-10-15(11-17(23)12-16)19(20-5-1-2-7-26-20)6-9-28-21(24)27-8-3-4-18-13-25-14-29-18;;;/h1-2,5,7,10-14,19H,3-4,6,8-9H2,(H,25,29)(H3,24,27,28);3*1H. The Morgan fingerprint density at radius 3 is 2.50 bits per heavy atom. The summed E-state index contributed by atoms with van der Waals surface area (Å²) in [7, 11) is 0. The number of halogens is 5. The summed E-state index contributed by atoms with van der Waals surface area (Å²) in [6.07, 6.45) is 7.37. The van der Waals surface area contributed by atoms with E-state index in [1.165, 1.54) is 12.1 Å². The van der Waals surface area contributed by atoms with Crippen LogP contribution in [0.25, 0.3) is 0 Å². The molecule has 0 bridgehead atoms. The molecule has 0 saturated heterocycles. The first-order chi connectivity index (χ1) is 14.1. The molecule has 6 nitrogen and oxygen atoms in total. The monoisotopic (exact) mass is 506 g/mol. The number of aromatic nitrogens is 3. The molecule has 1 atom stereocenters. The van der Waals surface area contributed by atoms with Crippen LogP contribution in [0.3, 0.4) is 0 Å². The average molecular weight is 508 g/mol. The van der Waals surface area contributed by atoms with Crippen molar-refractivity contribution in [3.05, 3.63) is 83.7 Å². The zero-order chi connectivity index (χ0) is 20.5. The lowest BCUT2D eigenvalue weighted by atomic mass is 9.91. The summed E-state index contributed by atoms with van der Waals surface area (Å²) in [6, 6.07) is 9.06. The van der Waals surface area contributed by atoms with E-state index in [0.29, 0.717) is 31.0 Å². The molecule has 0 saturated carbocycles. The largest absolute Gasteiger partial charge is 0.370 e. The van der Waals surface area contributed by atoms with E-state index in [-0.39, 0.29) is 43.1 Å². The van der Waals surface area contributed by atoms with Crippen LogP contribution in [0.4, 0.5) is 8.78 Å². The van der Waals surface area contributed by atoms with Crippen molar-refractivity contribution in [2.75, 3.05) is 13.1 Å². The molecule has 0 fully saturated rings. The summed E-state index contributed by atoms with van der Waals surface area (Å²) >= 11 is 0. The van der Waals surface area contributed by atoms with E-state index in [2.05, 4.69) is 25.3 Å². The highest BCUT2D eigenvalue weighted by molar-refractivity contribution is 5.86. The third kappa shape index (κ3) is 9.38. The van der Waals surface area contributed by atoms with Gasteiger partial charge < -0.3 is 16.0 Å². The summed E-state index contributed by atoms with van der Waals surface area (Å²) in [5.41, 5.74) is 8.28. The van der Waals surface area contributed by atoms with Crippen LogP contribution >= 0.6 is 37.2 Å². The smallest absolute Gasteiger partial charge is 0.188 e. The van der Waals surface area contributed by atoms with E-state index >= 15 is 0 Å². The number of nitrogens with one attached hydrogen (secondary N) is 2. The van der Waals surface area contributed by atoms with Crippen LogP contribution in [0.1, 0.15) is 35.7 Å². The van der Waals surface area contributed by atoms with Gasteiger partial charge in [0.15, 0.2) is 5.96 Å². The number of nitrogens with zero attached hydrogens (tertiary/aromatic N) is 3. The van der Waals surface area contributed by atoms with Gasteiger partial charge in [0, 0.05) is 48.9 Å². The van der Waals surface area contributed by atoms with Crippen LogP contribution in [-0.4, -0.2) is 34.0 Å². The summed E-state index contributed by atoms with van der Waals surface area (Å²) in [5.74, 6) is -1.12. The first kappa shape index (κ1) is 29.6. The van der Waals surface area contributed by atoms with Gasteiger partial charge in [-0.15, -0.1) is 37.2 Å². The van der Waals surface area contributed by atoms with Gasteiger partial charge in [-0.3, -0.25) is 9.98 Å². The molecule has 0 aliphatic carbocycles. The Hall–Kier alpha value is -2.42. The van der Waals surface area contributed by atoms with Crippen molar-refractivity contribution in [1.29, 1.82) is 0 Å². The fourth-order valence-electron chi connectivity index (χ4n) is 3.13. The van der Waals surface area contributed by atoms with Crippen LogP contribution < -0.4 is 11.1 Å². The summed E-state index contributed by atoms with van der Waals surface area (Å²) in [5, 5.41) is 3.07. The van der Waals surface area contributed by atoms with Gasteiger partial charge in [0.25, 0.3) is 0 Å². The molecule has 11 heteroatoms. The van der Waals surface area contributed by atoms with Crippen molar-refractivity contribution >= 4 is 43.2 Å². The number of aromatic amines is 1. The van der Waals surface area contributed by atoms with Crippen LogP contribution in [0, 0.1) is 11.6 Å². The lowest BCUT2D eigenvalue weighted by Gasteiger charge is -2.18. The zero-order valence-electron chi connectivity index (χ0n) is 17.2. The minimum absolute atomic E-state index is 0. The third-order valence-corrected chi connectivity index (χ3v) is 4.51. The number of benzene rings is 1. The molecule has 0 spiro atoms. The molecule has 3 rings (SSSR count). The van der Waals surface area contributed by atoms with Gasteiger partial charge in [0.05, 0.1) is 6.33 Å². The minimum atomic E-state index is -0.604. The van der Waals surface area contributed by atoms with E-state index in [4.69, 9.17) is 5.73 Å². The number of rotatable bonds is 9. The number of aliphatic imine (C=N–C) groups is 1. The minimum Gasteiger partial charge on any atom is -0.370 e. The van der Waals surface area contributed by atoms with Crippen LogP contribution in [0.15, 0.2) is 60.1 Å². The molecule has 2 heterocycles. The van der Waals surface area contributed by atoms with Crippen molar-refractivity contribution in [2.45, 2.75) is 25.2 Å². The Bertz CT molecular complexity index is 906. The molecule has 1 unspecified atom stereocenters. The maximum atomic E-state index is 13.7. The van der Waals surface area contributed by atoms with E-state index in [1.54, 1.807) is 24.8 Å². The highest BCUT2D eigenvalue weighted by Gasteiger charge is 2.17. The summed E-state index contributed by atoms with van der Waals surface area (Å²) < 4.78 is 27.4. The first-order valence-electron chi connectivity index (χ1n) is 9.50. The Balaban J connectivity index is 0.00000320. The molecule has 0 aliphatic heterocycles. The number of H-pyrrole nitrogens is 1. The molecule has 1 aromatic carbocycles. The Morgan fingerprint density at radius 2 is 1.88 bits per heavy atom. The molecule has 0 radical (unpaired) electrons. The molecule has 3 aromatic rings. The second-order valence-electron chi connectivity index (χ2n) is 6.67.